The Morgan fingerprint density at radius 1 is 1.15 bits per heavy atom. The van der Waals surface area contributed by atoms with E-state index in [2.05, 4.69) is 31.3 Å². The molecule has 0 saturated carbocycles. The van der Waals surface area contributed by atoms with Crippen molar-refractivity contribution in [2.45, 2.75) is 32.7 Å². The summed E-state index contributed by atoms with van der Waals surface area (Å²) in [7, 11) is 0. The average Bonchev–Trinajstić information content (AvgIpc) is 3.08. The minimum Gasteiger partial charge on any atom is -0.395 e. The average molecular weight is 489 g/mol. The molecule has 0 radical (unpaired) electrons. The highest BCUT2D eigenvalue weighted by Gasteiger charge is 2.36. The molecule has 1 aromatic carbocycles. The molecule has 2 aliphatic heterocycles. The van der Waals surface area contributed by atoms with Crippen molar-refractivity contribution in [1.82, 2.24) is 24.4 Å². The Labute approximate surface area is 204 Å². The van der Waals surface area contributed by atoms with Gasteiger partial charge >= 0.3 is 0 Å². The number of rotatable bonds is 6. The van der Waals surface area contributed by atoms with Crippen LogP contribution < -0.4 is 4.90 Å². The predicted molar refractivity (Wildman–Crippen MR) is 132 cm³/mol. The molecule has 2 fully saturated rings. The van der Waals surface area contributed by atoms with Crippen molar-refractivity contribution in [2.24, 2.45) is 11.8 Å². The van der Waals surface area contributed by atoms with Crippen LogP contribution in [0.15, 0.2) is 24.4 Å². The van der Waals surface area contributed by atoms with E-state index in [9.17, 15) is 5.11 Å². The van der Waals surface area contributed by atoms with E-state index in [1.165, 1.54) is 12.8 Å². The summed E-state index contributed by atoms with van der Waals surface area (Å²) in [5.41, 5.74) is 2.40. The molecule has 0 unspecified atom stereocenters. The molecule has 0 spiro atoms. The van der Waals surface area contributed by atoms with Crippen LogP contribution in [0.3, 0.4) is 0 Å². The summed E-state index contributed by atoms with van der Waals surface area (Å²) in [5.74, 6) is 3.12. The molecule has 2 aromatic heterocycles. The van der Waals surface area contributed by atoms with Crippen LogP contribution in [0.5, 0.6) is 0 Å². The Morgan fingerprint density at radius 2 is 1.97 bits per heavy atom. The molecule has 176 valence electrons. The molecule has 33 heavy (non-hydrogen) atoms. The first kappa shape index (κ1) is 22.8. The van der Waals surface area contributed by atoms with E-state index in [0.29, 0.717) is 27.5 Å². The molecule has 5 rings (SSSR count). The number of hydrogen-bond donors (Lipinski definition) is 1. The van der Waals surface area contributed by atoms with Gasteiger partial charge in [0.2, 0.25) is 0 Å². The first-order chi connectivity index (χ1) is 15.9. The quantitative estimate of drug-likeness (QED) is 0.560. The van der Waals surface area contributed by atoms with Crippen molar-refractivity contribution in [3.05, 3.63) is 45.8 Å². The normalized spacial score (nSPS) is 20.9. The number of β-amino-alcohol motifs (C(OH)–C–C–N with tert-alkyl or cyclic N) is 1. The number of fused-ring (bicyclic) bond motifs is 1. The lowest BCUT2D eigenvalue weighted by atomic mass is 9.80. The van der Waals surface area contributed by atoms with Gasteiger partial charge in [-0.15, -0.1) is 0 Å². The first-order valence-electron chi connectivity index (χ1n) is 11.7. The van der Waals surface area contributed by atoms with Crippen molar-refractivity contribution < 1.29 is 5.11 Å². The Bertz CT molecular complexity index is 1140. The van der Waals surface area contributed by atoms with Gasteiger partial charge in [0.05, 0.1) is 18.8 Å². The second kappa shape index (κ2) is 9.37. The summed E-state index contributed by atoms with van der Waals surface area (Å²) < 4.78 is 2.10. The summed E-state index contributed by atoms with van der Waals surface area (Å²) in [6, 6.07) is 5.54. The summed E-state index contributed by atoms with van der Waals surface area (Å²) in [5, 5.41) is 10.5. The zero-order chi connectivity index (χ0) is 23.1. The van der Waals surface area contributed by atoms with E-state index >= 15 is 0 Å². The fourth-order valence-corrected chi connectivity index (χ4v) is 5.95. The maximum absolute atomic E-state index is 9.27. The molecule has 0 amide bonds. The summed E-state index contributed by atoms with van der Waals surface area (Å²) >= 11 is 12.6. The highest BCUT2D eigenvalue weighted by molar-refractivity contribution is 6.35. The molecule has 0 bridgehead atoms. The third-order valence-electron chi connectivity index (χ3n) is 7.23. The maximum Gasteiger partial charge on any atom is 0.197 e. The van der Waals surface area contributed by atoms with Gasteiger partial charge < -0.3 is 19.5 Å². The van der Waals surface area contributed by atoms with Crippen molar-refractivity contribution >= 4 is 40.3 Å². The minimum absolute atomic E-state index is 0.0480. The first-order valence-corrected chi connectivity index (χ1v) is 12.4. The van der Waals surface area contributed by atoms with E-state index in [-0.39, 0.29) is 12.6 Å². The molecule has 9 heteroatoms. The smallest absolute Gasteiger partial charge is 0.197 e. The molecule has 4 heterocycles. The number of aliphatic hydroxyl groups excluding tert-OH is 1. The standard InChI is InChI=1S/C24H30Cl2N6O/c1-15(20-6-5-19(25)10-21(20)26)32-16(2)28-23-24(32)29-22(11-27-23)31-13-18(14-31)17-4-3-7-30(12-17)8-9-33/h5-6,10-11,15,17-18,33H,3-4,7-9,12-14H2,1-2H3/t15-,17+/m1/s1. The van der Waals surface area contributed by atoms with Gasteiger partial charge in [0, 0.05) is 36.2 Å². The highest BCUT2D eigenvalue weighted by atomic mass is 35.5. The van der Waals surface area contributed by atoms with Gasteiger partial charge in [-0.1, -0.05) is 29.3 Å². The van der Waals surface area contributed by atoms with Gasteiger partial charge in [-0.2, -0.15) is 0 Å². The molecule has 3 aromatic rings. The Kier molecular flexibility index (Phi) is 6.49. The number of hydrogen-bond acceptors (Lipinski definition) is 6. The Hall–Kier alpha value is -1.93. The van der Waals surface area contributed by atoms with Crippen LogP contribution in [0.4, 0.5) is 5.82 Å². The molecule has 7 nitrogen and oxygen atoms in total. The van der Waals surface area contributed by atoms with Gasteiger partial charge in [0.25, 0.3) is 0 Å². The molecule has 2 atom stereocenters. The number of aliphatic hydroxyl groups is 1. The summed E-state index contributed by atoms with van der Waals surface area (Å²) in [6.07, 6.45) is 4.33. The molecule has 1 N–H and O–H groups in total. The SMILES string of the molecule is Cc1nc2ncc(N3CC([C@H]4CCCN(CCO)C4)C3)nc2n1[C@H](C)c1ccc(Cl)cc1Cl. The largest absolute Gasteiger partial charge is 0.395 e. The Balaban J connectivity index is 1.35. The number of nitrogens with zero attached hydrogens (tertiary/aromatic N) is 6. The Morgan fingerprint density at radius 3 is 2.73 bits per heavy atom. The molecular formula is C24H30Cl2N6O. The predicted octanol–water partition coefficient (Wildman–Crippen LogP) is 4.19. The van der Waals surface area contributed by atoms with Crippen LogP contribution in [0.25, 0.3) is 11.3 Å². The lowest BCUT2D eigenvalue weighted by Crippen LogP contribution is -2.54. The lowest BCUT2D eigenvalue weighted by molar-refractivity contribution is 0.101. The van der Waals surface area contributed by atoms with Crippen LogP contribution in [0.2, 0.25) is 10.0 Å². The number of imidazole rings is 1. The second-order valence-electron chi connectivity index (χ2n) is 9.34. The van der Waals surface area contributed by atoms with Crippen molar-refractivity contribution in [3.63, 3.8) is 0 Å². The molecular weight excluding hydrogens is 459 g/mol. The number of likely N-dealkylation sites (tertiary alicyclic amines) is 1. The number of piperidine rings is 1. The second-order valence-corrected chi connectivity index (χ2v) is 10.2. The van der Waals surface area contributed by atoms with E-state index in [1.54, 1.807) is 6.07 Å². The van der Waals surface area contributed by atoms with Gasteiger partial charge in [0.15, 0.2) is 11.3 Å². The zero-order valence-corrected chi connectivity index (χ0v) is 20.6. The van der Waals surface area contributed by atoms with E-state index in [1.807, 2.05) is 25.3 Å². The van der Waals surface area contributed by atoms with Gasteiger partial charge in [-0.25, -0.2) is 15.0 Å². The number of aromatic nitrogens is 4. The number of halogens is 2. The van der Waals surface area contributed by atoms with Crippen molar-refractivity contribution in [2.75, 3.05) is 44.2 Å². The zero-order valence-electron chi connectivity index (χ0n) is 19.1. The van der Waals surface area contributed by atoms with Crippen molar-refractivity contribution in [1.29, 1.82) is 0 Å². The molecule has 2 saturated heterocycles. The van der Waals surface area contributed by atoms with Crippen LogP contribution in [-0.2, 0) is 0 Å². The van der Waals surface area contributed by atoms with Gasteiger partial charge in [-0.3, -0.25) is 0 Å². The number of aryl methyl sites for hydroxylation is 1. The number of anilines is 1. The van der Waals surface area contributed by atoms with Crippen LogP contribution in [0.1, 0.15) is 37.2 Å². The van der Waals surface area contributed by atoms with E-state index < -0.39 is 0 Å². The third kappa shape index (κ3) is 4.44. The van der Waals surface area contributed by atoms with Crippen LogP contribution in [-0.4, -0.2) is 68.9 Å². The third-order valence-corrected chi connectivity index (χ3v) is 7.79. The van der Waals surface area contributed by atoms with Crippen molar-refractivity contribution in [3.8, 4) is 0 Å². The monoisotopic (exact) mass is 488 g/mol. The maximum atomic E-state index is 9.27. The lowest BCUT2D eigenvalue weighted by Gasteiger charge is -2.47. The van der Waals surface area contributed by atoms with Gasteiger partial charge in [-0.05, 0) is 62.8 Å². The van der Waals surface area contributed by atoms with E-state index in [0.717, 1.165) is 55.6 Å². The van der Waals surface area contributed by atoms with E-state index in [4.69, 9.17) is 28.2 Å². The summed E-state index contributed by atoms with van der Waals surface area (Å²) in [4.78, 5) is 19.0. The summed E-state index contributed by atoms with van der Waals surface area (Å²) in [6.45, 7) is 9.31. The minimum atomic E-state index is -0.0480. The molecule has 2 aliphatic rings. The molecule has 0 aliphatic carbocycles. The fourth-order valence-electron chi connectivity index (χ4n) is 5.38. The number of benzene rings is 1. The van der Waals surface area contributed by atoms with Crippen LogP contribution >= 0.6 is 23.2 Å². The topological polar surface area (TPSA) is 70.3 Å². The fraction of sp³-hybridized carbons (Fsp3) is 0.542. The van der Waals surface area contributed by atoms with Gasteiger partial charge in [0.1, 0.15) is 11.6 Å². The highest BCUT2D eigenvalue weighted by Crippen LogP contribution is 2.35. The van der Waals surface area contributed by atoms with Crippen LogP contribution in [0, 0.1) is 18.8 Å².